The van der Waals surface area contributed by atoms with Gasteiger partial charge >= 0.3 is 0 Å². The molecule has 5 heteroatoms. The van der Waals surface area contributed by atoms with E-state index >= 15 is 0 Å². The molecule has 20 heavy (non-hydrogen) atoms. The van der Waals surface area contributed by atoms with Crippen molar-refractivity contribution in [3.8, 4) is 0 Å². The molecule has 0 aromatic carbocycles. The van der Waals surface area contributed by atoms with Crippen LogP contribution >= 0.6 is 11.3 Å². The summed E-state index contributed by atoms with van der Waals surface area (Å²) in [4.78, 5) is 8.44. The van der Waals surface area contributed by atoms with Gasteiger partial charge in [0.05, 0.1) is 5.69 Å². The second kappa shape index (κ2) is 6.14. The van der Waals surface area contributed by atoms with Crippen LogP contribution in [0.25, 0.3) is 4.96 Å². The largest absolute Gasteiger partial charge is 0.355 e. The van der Waals surface area contributed by atoms with Crippen molar-refractivity contribution in [2.75, 3.05) is 18.0 Å². The molecule has 1 aliphatic rings. The van der Waals surface area contributed by atoms with Gasteiger partial charge in [0.25, 0.3) is 0 Å². The zero-order valence-electron chi connectivity index (χ0n) is 12.4. The summed E-state index contributed by atoms with van der Waals surface area (Å²) in [6, 6.07) is 0.734. The van der Waals surface area contributed by atoms with Crippen molar-refractivity contribution >= 4 is 22.1 Å². The first-order chi connectivity index (χ1) is 9.83. The molecule has 3 rings (SSSR count). The van der Waals surface area contributed by atoms with Crippen molar-refractivity contribution < 1.29 is 0 Å². The van der Waals surface area contributed by atoms with Gasteiger partial charge in [0.15, 0.2) is 10.8 Å². The zero-order chi connectivity index (χ0) is 13.9. The van der Waals surface area contributed by atoms with Gasteiger partial charge in [0, 0.05) is 37.3 Å². The molecule has 0 spiro atoms. The summed E-state index contributed by atoms with van der Waals surface area (Å²) in [5, 5.41) is 5.76. The Morgan fingerprint density at radius 2 is 2.10 bits per heavy atom. The molecule has 1 N–H and O–H groups in total. The van der Waals surface area contributed by atoms with E-state index < -0.39 is 0 Å². The third kappa shape index (κ3) is 2.83. The molecule has 0 bridgehead atoms. The van der Waals surface area contributed by atoms with Crippen LogP contribution in [0.15, 0.2) is 11.6 Å². The number of hydrogen-bond acceptors (Lipinski definition) is 4. The molecule has 1 saturated carbocycles. The van der Waals surface area contributed by atoms with Crippen LogP contribution in [0, 0.1) is 0 Å². The van der Waals surface area contributed by atoms with Crippen LogP contribution in [0.2, 0.25) is 0 Å². The summed E-state index contributed by atoms with van der Waals surface area (Å²) in [5.41, 5.74) is 1.33. The molecule has 2 heterocycles. The van der Waals surface area contributed by atoms with Crippen LogP contribution in [0.4, 0.5) is 5.82 Å². The number of imidazole rings is 1. The normalized spacial score (nSPS) is 15.1. The molecule has 0 unspecified atom stereocenters. The summed E-state index contributed by atoms with van der Waals surface area (Å²) in [6.07, 6.45) is 7.14. The average molecular weight is 292 g/mol. The number of nitrogens with one attached hydrogen (secondary N) is 1. The SMILES string of the molecule is CCCN(CCC)c1nc2sccn2c1CNC1CC1. The van der Waals surface area contributed by atoms with E-state index in [1.54, 1.807) is 11.3 Å². The predicted octanol–water partition coefficient (Wildman–Crippen LogP) is 3.27. The van der Waals surface area contributed by atoms with Crippen molar-refractivity contribution in [3.63, 3.8) is 0 Å². The lowest BCUT2D eigenvalue weighted by molar-refractivity contribution is 0.661. The first kappa shape index (κ1) is 13.9. The Morgan fingerprint density at radius 3 is 2.75 bits per heavy atom. The van der Waals surface area contributed by atoms with Gasteiger partial charge in [-0.25, -0.2) is 4.98 Å². The lowest BCUT2D eigenvalue weighted by Crippen LogP contribution is -2.27. The van der Waals surface area contributed by atoms with Gasteiger partial charge in [0.1, 0.15) is 0 Å². The van der Waals surface area contributed by atoms with Crippen molar-refractivity contribution in [1.82, 2.24) is 14.7 Å². The van der Waals surface area contributed by atoms with E-state index in [1.807, 2.05) is 0 Å². The fourth-order valence-corrected chi connectivity index (χ4v) is 3.36. The van der Waals surface area contributed by atoms with E-state index in [1.165, 1.54) is 37.2 Å². The van der Waals surface area contributed by atoms with Crippen molar-refractivity contribution in [1.29, 1.82) is 0 Å². The second-order valence-corrected chi connectivity index (χ2v) is 6.45. The minimum absolute atomic E-state index is 0.734. The maximum atomic E-state index is 4.88. The minimum atomic E-state index is 0.734. The Labute approximate surface area is 124 Å². The maximum Gasteiger partial charge on any atom is 0.195 e. The number of fused-ring (bicyclic) bond motifs is 1. The van der Waals surface area contributed by atoms with Crippen LogP contribution in [0.5, 0.6) is 0 Å². The zero-order valence-corrected chi connectivity index (χ0v) is 13.2. The second-order valence-electron chi connectivity index (χ2n) is 5.58. The molecular formula is C15H24N4S. The van der Waals surface area contributed by atoms with Crippen LogP contribution in [-0.4, -0.2) is 28.5 Å². The molecule has 0 radical (unpaired) electrons. The Kier molecular flexibility index (Phi) is 4.27. The molecule has 1 aliphatic carbocycles. The molecule has 4 nitrogen and oxygen atoms in total. The van der Waals surface area contributed by atoms with Crippen molar-refractivity contribution in [2.24, 2.45) is 0 Å². The van der Waals surface area contributed by atoms with Crippen LogP contribution in [0.3, 0.4) is 0 Å². The Hall–Kier alpha value is -1.07. The van der Waals surface area contributed by atoms with Gasteiger partial charge < -0.3 is 10.2 Å². The van der Waals surface area contributed by atoms with E-state index in [4.69, 9.17) is 4.98 Å². The number of nitrogens with zero attached hydrogens (tertiary/aromatic N) is 3. The smallest absolute Gasteiger partial charge is 0.195 e. The highest BCUT2D eigenvalue weighted by Crippen LogP contribution is 2.27. The number of thiazole rings is 1. The highest BCUT2D eigenvalue weighted by atomic mass is 32.1. The van der Waals surface area contributed by atoms with Crippen LogP contribution in [-0.2, 0) is 6.54 Å². The number of hydrogen-bond donors (Lipinski definition) is 1. The highest BCUT2D eigenvalue weighted by molar-refractivity contribution is 7.15. The summed E-state index contributed by atoms with van der Waals surface area (Å²) in [7, 11) is 0. The molecular weight excluding hydrogens is 268 g/mol. The quantitative estimate of drug-likeness (QED) is 0.810. The molecule has 110 valence electrons. The standard InChI is InChI=1S/C15H24N4S/c1-3-7-18(8-4-2)14-13(11-16-12-5-6-12)19-9-10-20-15(19)17-14/h9-10,12,16H,3-8,11H2,1-2H3. The van der Waals surface area contributed by atoms with Gasteiger partial charge in [-0.3, -0.25) is 4.40 Å². The molecule has 0 aliphatic heterocycles. The van der Waals surface area contributed by atoms with E-state index in [2.05, 4.69) is 40.0 Å². The summed E-state index contributed by atoms with van der Waals surface area (Å²) < 4.78 is 2.26. The first-order valence-corrected chi connectivity index (χ1v) is 8.64. The Bertz CT molecular complexity index is 549. The van der Waals surface area contributed by atoms with Crippen LogP contribution < -0.4 is 10.2 Å². The van der Waals surface area contributed by atoms with Gasteiger partial charge in [-0.1, -0.05) is 13.8 Å². The summed E-state index contributed by atoms with van der Waals surface area (Å²) in [6.45, 7) is 7.60. The molecule has 2 aromatic heterocycles. The van der Waals surface area contributed by atoms with Crippen LogP contribution in [0.1, 0.15) is 45.2 Å². The predicted molar refractivity (Wildman–Crippen MR) is 85.7 cm³/mol. The number of anilines is 1. The van der Waals surface area contributed by atoms with E-state index in [-0.39, 0.29) is 0 Å². The Morgan fingerprint density at radius 1 is 1.35 bits per heavy atom. The summed E-state index contributed by atoms with van der Waals surface area (Å²) in [5.74, 6) is 1.19. The van der Waals surface area contributed by atoms with Crippen molar-refractivity contribution in [2.45, 2.75) is 52.1 Å². The van der Waals surface area contributed by atoms with Gasteiger partial charge in [-0.2, -0.15) is 0 Å². The summed E-state index contributed by atoms with van der Waals surface area (Å²) >= 11 is 1.72. The van der Waals surface area contributed by atoms with E-state index in [0.717, 1.165) is 30.6 Å². The fourth-order valence-electron chi connectivity index (χ4n) is 2.63. The molecule has 1 fully saturated rings. The molecule has 2 aromatic rings. The number of rotatable bonds is 8. The maximum absolute atomic E-state index is 4.88. The van der Waals surface area contributed by atoms with E-state index in [9.17, 15) is 0 Å². The van der Waals surface area contributed by atoms with Gasteiger partial charge in [-0.05, 0) is 25.7 Å². The first-order valence-electron chi connectivity index (χ1n) is 7.76. The third-order valence-corrected chi connectivity index (χ3v) is 4.52. The monoisotopic (exact) mass is 292 g/mol. The van der Waals surface area contributed by atoms with Crippen molar-refractivity contribution in [3.05, 3.63) is 17.3 Å². The molecule has 0 saturated heterocycles. The lowest BCUT2D eigenvalue weighted by atomic mass is 10.3. The van der Waals surface area contributed by atoms with Gasteiger partial charge in [0.2, 0.25) is 0 Å². The van der Waals surface area contributed by atoms with Gasteiger partial charge in [-0.15, -0.1) is 11.3 Å². The van der Waals surface area contributed by atoms with E-state index in [0.29, 0.717) is 0 Å². The molecule has 0 atom stereocenters. The lowest BCUT2D eigenvalue weighted by Gasteiger charge is -2.22. The Balaban J connectivity index is 1.89. The minimum Gasteiger partial charge on any atom is -0.355 e. The average Bonchev–Trinajstić information content (AvgIpc) is 3.04. The highest BCUT2D eigenvalue weighted by Gasteiger charge is 2.23. The molecule has 0 amide bonds. The fraction of sp³-hybridized carbons (Fsp3) is 0.667. The number of aromatic nitrogens is 2. The third-order valence-electron chi connectivity index (χ3n) is 3.76. The topological polar surface area (TPSA) is 32.6 Å².